The summed E-state index contributed by atoms with van der Waals surface area (Å²) in [5.41, 5.74) is -1.81. The van der Waals surface area contributed by atoms with Crippen LogP contribution in [0.5, 0.6) is 0 Å². The SMILES string of the molecule is COP(=O)(O)C(Nc1ccccn1)P(=O)(O)OC. The maximum absolute atomic E-state index is 11.7. The third kappa shape index (κ3) is 3.62. The number of hydrogen-bond donors (Lipinski definition) is 3. The number of nitrogens with one attached hydrogen (secondary N) is 1. The first-order valence-corrected chi connectivity index (χ1v) is 8.07. The van der Waals surface area contributed by atoms with Crippen LogP contribution in [-0.4, -0.2) is 34.5 Å². The second kappa shape index (κ2) is 5.93. The van der Waals surface area contributed by atoms with Gasteiger partial charge in [0.05, 0.1) is 0 Å². The van der Waals surface area contributed by atoms with Crippen LogP contribution in [0.3, 0.4) is 0 Å². The monoisotopic (exact) mass is 296 g/mol. The van der Waals surface area contributed by atoms with Gasteiger partial charge in [-0.05, 0) is 12.1 Å². The molecule has 18 heavy (non-hydrogen) atoms. The van der Waals surface area contributed by atoms with Gasteiger partial charge in [0.15, 0.2) is 0 Å². The Bertz CT molecular complexity index is 458. The molecule has 0 fully saturated rings. The third-order valence-electron chi connectivity index (χ3n) is 2.08. The highest BCUT2D eigenvalue weighted by Gasteiger charge is 2.46. The highest BCUT2D eigenvalue weighted by atomic mass is 31.2. The predicted octanol–water partition coefficient (Wildman–Crippen LogP) is 1.44. The number of nitrogens with zero attached hydrogens (tertiary/aromatic N) is 1. The van der Waals surface area contributed by atoms with E-state index in [0.29, 0.717) is 0 Å². The minimum atomic E-state index is -4.38. The van der Waals surface area contributed by atoms with Crippen molar-refractivity contribution in [1.29, 1.82) is 0 Å². The molecule has 0 aromatic carbocycles. The molecule has 8 nitrogen and oxygen atoms in total. The summed E-state index contributed by atoms with van der Waals surface area (Å²) in [6.07, 6.45) is 1.42. The maximum Gasteiger partial charge on any atom is 0.362 e. The Kier molecular flexibility index (Phi) is 5.04. The van der Waals surface area contributed by atoms with Crippen molar-refractivity contribution in [2.75, 3.05) is 19.5 Å². The Morgan fingerprint density at radius 3 is 2.17 bits per heavy atom. The van der Waals surface area contributed by atoms with Crippen LogP contribution in [0.4, 0.5) is 5.82 Å². The minimum absolute atomic E-state index is 0.153. The summed E-state index contributed by atoms with van der Waals surface area (Å²) in [7, 11) is -6.83. The molecule has 0 saturated heterocycles. The molecular formula is C8H14N2O6P2. The molecule has 2 atom stereocenters. The molecule has 0 aliphatic carbocycles. The largest absolute Gasteiger partial charge is 0.362 e. The first-order chi connectivity index (χ1) is 8.33. The number of hydrogen-bond acceptors (Lipinski definition) is 6. The van der Waals surface area contributed by atoms with E-state index in [1.54, 1.807) is 12.1 Å². The van der Waals surface area contributed by atoms with Crippen molar-refractivity contribution < 1.29 is 28.0 Å². The predicted molar refractivity (Wildman–Crippen MR) is 65.3 cm³/mol. The summed E-state index contributed by atoms with van der Waals surface area (Å²) in [6, 6.07) is 4.71. The zero-order chi connectivity index (χ0) is 13.8. The topological polar surface area (TPSA) is 118 Å². The van der Waals surface area contributed by atoms with Crippen molar-refractivity contribution in [3.05, 3.63) is 24.4 Å². The smallest absolute Gasteiger partial charge is 0.346 e. The van der Waals surface area contributed by atoms with Gasteiger partial charge in [-0.15, -0.1) is 0 Å². The summed E-state index contributed by atoms with van der Waals surface area (Å²) >= 11 is 0. The summed E-state index contributed by atoms with van der Waals surface area (Å²) in [5, 5.41) is 2.37. The molecule has 0 spiro atoms. The Balaban J connectivity index is 3.08. The van der Waals surface area contributed by atoms with E-state index in [0.717, 1.165) is 14.2 Å². The Morgan fingerprint density at radius 2 is 1.78 bits per heavy atom. The van der Waals surface area contributed by atoms with E-state index in [1.807, 2.05) is 0 Å². The highest BCUT2D eigenvalue weighted by molar-refractivity contribution is 7.72. The lowest BCUT2D eigenvalue weighted by Gasteiger charge is -2.25. The first kappa shape index (κ1) is 15.3. The first-order valence-electron chi connectivity index (χ1n) is 4.77. The van der Waals surface area contributed by atoms with Gasteiger partial charge in [-0.1, -0.05) is 6.07 Å². The number of rotatable bonds is 6. The van der Waals surface area contributed by atoms with Gasteiger partial charge in [-0.2, -0.15) is 0 Å². The molecule has 0 radical (unpaired) electrons. The maximum atomic E-state index is 11.7. The van der Waals surface area contributed by atoms with E-state index in [1.165, 1.54) is 12.3 Å². The van der Waals surface area contributed by atoms with Crippen LogP contribution in [0.15, 0.2) is 24.4 Å². The van der Waals surface area contributed by atoms with Gasteiger partial charge in [-0.25, -0.2) is 4.98 Å². The van der Waals surface area contributed by atoms with Gasteiger partial charge in [0.25, 0.3) is 0 Å². The second-order valence-electron chi connectivity index (χ2n) is 3.23. The normalized spacial score (nSPS) is 19.6. The minimum Gasteiger partial charge on any atom is -0.346 e. The van der Waals surface area contributed by atoms with Crippen LogP contribution in [-0.2, 0) is 18.2 Å². The molecule has 0 amide bonds. The average Bonchev–Trinajstić information content (AvgIpc) is 2.37. The molecule has 0 saturated carbocycles. The van der Waals surface area contributed by atoms with E-state index < -0.39 is 20.7 Å². The standard InChI is InChI=1S/C8H14N2O6P2/c1-15-17(11,12)8(18(13,14)16-2)10-7-5-3-4-6-9-7/h3-6,8H,1-2H3,(H,9,10)(H,11,12)(H,13,14). The Labute approximate surface area is 104 Å². The molecule has 102 valence electrons. The molecule has 3 N–H and O–H groups in total. The summed E-state index contributed by atoms with van der Waals surface area (Å²) in [4.78, 5) is 22.9. The molecule has 1 heterocycles. The lowest BCUT2D eigenvalue weighted by atomic mass is 10.5. The van der Waals surface area contributed by atoms with E-state index in [2.05, 4.69) is 19.3 Å². The van der Waals surface area contributed by atoms with Crippen LogP contribution >= 0.6 is 15.2 Å². The number of pyridine rings is 1. The fourth-order valence-electron chi connectivity index (χ4n) is 1.13. The fourth-order valence-corrected chi connectivity index (χ4v) is 4.16. The van der Waals surface area contributed by atoms with Crippen LogP contribution in [0.2, 0.25) is 0 Å². The molecule has 2 unspecified atom stereocenters. The molecule has 1 rings (SSSR count). The zero-order valence-corrected chi connectivity index (χ0v) is 11.5. The van der Waals surface area contributed by atoms with E-state index in [4.69, 9.17) is 0 Å². The molecule has 0 aliphatic heterocycles. The molecular weight excluding hydrogens is 282 g/mol. The molecule has 10 heteroatoms. The van der Waals surface area contributed by atoms with Gasteiger partial charge in [-0.3, -0.25) is 9.13 Å². The van der Waals surface area contributed by atoms with E-state index in [9.17, 15) is 18.9 Å². The molecule has 0 aliphatic rings. The summed E-state index contributed by atoms with van der Waals surface area (Å²) < 4.78 is 32.2. The van der Waals surface area contributed by atoms with Gasteiger partial charge < -0.3 is 24.2 Å². The number of aromatic nitrogens is 1. The van der Waals surface area contributed by atoms with Crippen molar-refractivity contribution >= 4 is 21.0 Å². The summed E-state index contributed by atoms with van der Waals surface area (Å²) in [5.74, 6) is 0.153. The third-order valence-corrected chi connectivity index (χ3v) is 6.38. The van der Waals surface area contributed by atoms with Crippen LogP contribution in [0.1, 0.15) is 0 Å². The van der Waals surface area contributed by atoms with Crippen molar-refractivity contribution in [3.63, 3.8) is 0 Å². The Morgan fingerprint density at radius 1 is 1.22 bits per heavy atom. The molecule has 1 aromatic heterocycles. The number of anilines is 1. The lowest BCUT2D eigenvalue weighted by molar-refractivity contribution is 0.289. The van der Waals surface area contributed by atoms with Gasteiger partial charge in [0, 0.05) is 20.4 Å². The van der Waals surface area contributed by atoms with E-state index >= 15 is 0 Å². The fraction of sp³-hybridized carbons (Fsp3) is 0.375. The van der Waals surface area contributed by atoms with E-state index in [-0.39, 0.29) is 5.82 Å². The highest BCUT2D eigenvalue weighted by Crippen LogP contribution is 2.64. The summed E-state index contributed by atoms with van der Waals surface area (Å²) in [6.45, 7) is 0. The van der Waals surface area contributed by atoms with Crippen LogP contribution in [0, 0.1) is 0 Å². The van der Waals surface area contributed by atoms with Crippen molar-refractivity contribution in [2.24, 2.45) is 0 Å². The van der Waals surface area contributed by atoms with Crippen molar-refractivity contribution in [2.45, 2.75) is 5.52 Å². The molecule has 0 bridgehead atoms. The van der Waals surface area contributed by atoms with Gasteiger partial charge >= 0.3 is 15.2 Å². The second-order valence-corrected chi connectivity index (χ2v) is 7.65. The average molecular weight is 296 g/mol. The Hall–Kier alpha value is -0.750. The quantitative estimate of drug-likeness (QED) is 0.675. The lowest BCUT2D eigenvalue weighted by Crippen LogP contribution is -2.22. The van der Waals surface area contributed by atoms with Gasteiger partial charge in [0.1, 0.15) is 5.82 Å². The zero-order valence-electron chi connectivity index (χ0n) is 9.76. The molecule has 1 aromatic rings. The van der Waals surface area contributed by atoms with Gasteiger partial charge in [0.2, 0.25) is 5.52 Å². The van der Waals surface area contributed by atoms with Crippen LogP contribution in [0.25, 0.3) is 0 Å². The van der Waals surface area contributed by atoms with Crippen molar-refractivity contribution in [1.82, 2.24) is 4.98 Å². The van der Waals surface area contributed by atoms with Crippen LogP contribution < -0.4 is 5.32 Å². The van der Waals surface area contributed by atoms with Crippen molar-refractivity contribution in [3.8, 4) is 0 Å².